The highest BCUT2D eigenvalue weighted by Gasteiger charge is 2.40. The zero-order valence-corrected chi connectivity index (χ0v) is 29.4. The van der Waals surface area contributed by atoms with Gasteiger partial charge in [0.2, 0.25) is 11.2 Å². The van der Waals surface area contributed by atoms with Gasteiger partial charge in [0.25, 0.3) is 11.8 Å². The summed E-state index contributed by atoms with van der Waals surface area (Å²) in [5.41, 5.74) is 0.0235. The zero-order chi connectivity index (χ0) is 38.2. The van der Waals surface area contributed by atoms with Gasteiger partial charge in [-0.25, -0.2) is 4.79 Å². The van der Waals surface area contributed by atoms with Crippen molar-refractivity contribution in [3.05, 3.63) is 141 Å². The smallest absolute Gasteiger partial charge is 0.345 e. The fourth-order valence-electron chi connectivity index (χ4n) is 6.73. The van der Waals surface area contributed by atoms with Crippen LogP contribution in [0.5, 0.6) is 11.5 Å². The number of nitrogens with zero attached hydrogens (tertiary/aromatic N) is 1. The lowest BCUT2D eigenvalue weighted by Gasteiger charge is -2.33. The summed E-state index contributed by atoms with van der Waals surface area (Å²) in [6.07, 6.45) is 1.19. The van der Waals surface area contributed by atoms with E-state index in [2.05, 4.69) is 15.6 Å². The van der Waals surface area contributed by atoms with Crippen molar-refractivity contribution in [2.75, 3.05) is 32.8 Å². The molecule has 5 aromatic rings. The molecule has 0 aliphatic carbocycles. The molecule has 2 amide bonds. The van der Waals surface area contributed by atoms with Gasteiger partial charge in [0.1, 0.15) is 11.5 Å². The van der Waals surface area contributed by atoms with Crippen molar-refractivity contribution in [2.24, 2.45) is 0 Å². The highest BCUT2D eigenvalue weighted by atomic mass is 16.5. The summed E-state index contributed by atoms with van der Waals surface area (Å²) >= 11 is 0. The maximum atomic E-state index is 13.4. The van der Waals surface area contributed by atoms with E-state index in [1.165, 1.54) is 36.4 Å². The normalized spacial score (nSPS) is 16.0. The van der Waals surface area contributed by atoms with Gasteiger partial charge in [0, 0.05) is 48.3 Å². The molecular formula is C41H42N4O9. The number of hydrogen-bond acceptors (Lipinski definition) is 9. The van der Waals surface area contributed by atoms with Crippen molar-refractivity contribution >= 4 is 28.7 Å². The number of phenolic OH excluding ortho intramolecular Hbond substituents is 1. The quantitative estimate of drug-likeness (QED) is 0.0831. The topological polar surface area (TPSA) is 202 Å². The Morgan fingerprint density at radius 2 is 1.70 bits per heavy atom. The highest BCUT2D eigenvalue weighted by Crippen LogP contribution is 2.32. The van der Waals surface area contributed by atoms with Crippen LogP contribution in [0, 0.1) is 0 Å². The van der Waals surface area contributed by atoms with Gasteiger partial charge in [0.15, 0.2) is 6.61 Å². The van der Waals surface area contributed by atoms with E-state index in [4.69, 9.17) is 4.74 Å². The Kier molecular flexibility index (Phi) is 11.7. The van der Waals surface area contributed by atoms with Gasteiger partial charge in [-0.2, -0.15) is 0 Å². The number of carboxylic acid groups (broad SMARTS) is 1. The number of H-pyrrole nitrogens is 1. The van der Waals surface area contributed by atoms with Crippen LogP contribution in [0.4, 0.5) is 0 Å². The Labute approximate surface area is 310 Å². The van der Waals surface area contributed by atoms with Gasteiger partial charge < -0.3 is 45.7 Å². The zero-order valence-electron chi connectivity index (χ0n) is 29.4. The largest absolute Gasteiger partial charge is 0.506 e. The first-order valence-corrected chi connectivity index (χ1v) is 17.7. The number of phenols is 1. The Morgan fingerprint density at radius 1 is 0.944 bits per heavy atom. The van der Waals surface area contributed by atoms with E-state index in [9.17, 15) is 39.6 Å². The summed E-state index contributed by atoms with van der Waals surface area (Å²) in [7, 11) is 0. The molecule has 0 saturated carbocycles. The molecule has 1 aliphatic rings. The van der Waals surface area contributed by atoms with Gasteiger partial charge >= 0.3 is 5.97 Å². The number of aliphatic hydroxyl groups excluding tert-OH is 1. The van der Waals surface area contributed by atoms with E-state index in [0.29, 0.717) is 55.4 Å². The molecule has 1 aliphatic heterocycles. The molecule has 0 bridgehead atoms. The Morgan fingerprint density at radius 3 is 2.46 bits per heavy atom. The molecule has 2 unspecified atom stereocenters. The number of carbonyl (C=O) groups excluding carboxylic acids is 2. The van der Waals surface area contributed by atoms with Gasteiger partial charge in [-0.3, -0.25) is 14.4 Å². The van der Waals surface area contributed by atoms with Crippen molar-refractivity contribution in [3.63, 3.8) is 0 Å². The number of carboxylic acids is 1. The molecular weight excluding hydrogens is 692 g/mol. The van der Waals surface area contributed by atoms with Crippen LogP contribution >= 0.6 is 0 Å². The van der Waals surface area contributed by atoms with Crippen LogP contribution in [0.3, 0.4) is 0 Å². The molecule has 13 nitrogen and oxygen atoms in total. The van der Waals surface area contributed by atoms with Crippen LogP contribution in [0.25, 0.3) is 10.9 Å². The molecule has 1 aromatic heterocycles. The van der Waals surface area contributed by atoms with Gasteiger partial charge in [-0.1, -0.05) is 60.7 Å². The lowest BCUT2D eigenvalue weighted by Crippen LogP contribution is -2.50. The first-order chi connectivity index (χ1) is 26.0. The number of aliphatic carboxylic acids is 1. The number of piperidine rings is 1. The molecule has 0 radical (unpaired) electrons. The van der Waals surface area contributed by atoms with Crippen molar-refractivity contribution in [2.45, 2.75) is 37.0 Å². The SMILES string of the molecule is O=C(COc1cccc(C(O)(C(=O)O)c2ccccc2)c1)N[C@@H]1CCCN(C(=O)c2ccc(CCNCC(O)c3ccc(O)c4[nH]c(=O)ccc34)cc2)C1. The van der Waals surface area contributed by atoms with Crippen molar-refractivity contribution < 1.29 is 39.5 Å². The minimum Gasteiger partial charge on any atom is -0.506 e. The number of ether oxygens (including phenoxy) is 1. The summed E-state index contributed by atoms with van der Waals surface area (Å²) in [5.74, 6) is -1.82. The van der Waals surface area contributed by atoms with Crippen LogP contribution in [-0.2, 0) is 21.6 Å². The van der Waals surface area contributed by atoms with E-state index in [1.807, 2.05) is 12.1 Å². The number of nitrogens with one attached hydrogen (secondary N) is 3. The number of fused-ring (bicyclic) bond motifs is 1. The van der Waals surface area contributed by atoms with E-state index < -0.39 is 23.6 Å². The van der Waals surface area contributed by atoms with Crippen molar-refractivity contribution in [3.8, 4) is 11.5 Å². The first kappa shape index (κ1) is 37.7. The van der Waals surface area contributed by atoms with Crippen LogP contribution in [0.1, 0.15) is 51.6 Å². The lowest BCUT2D eigenvalue weighted by molar-refractivity contribution is -0.155. The minimum absolute atomic E-state index is 0.0668. The van der Waals surface area contributed by atoms with Gasteiger partial charge in [-0.05, 0) is 78.9 Å². The third kappa shape index (κ3) is 8.60. The number of aromatic hydroxyl groups is 1. The van der Waals surface area contributed by atoms with E-state index in [1.54, 1.807) is 59.5 Å². The van der Waals surface area contributed by atoms with E-state index in [0.717, 1.165) is 5.56 Å². The molecule has 7 N–H and O–H groups in total. The molecule has 1 fully saturated rings. The molecule has 54 heavy (non-hydrogen) atoms. The monoisotopic (exact) mass is 734 g/mol. The molecule has 280 valence electrons. The molecule has 3 atom stereocenters. The average Bonchev–Trinajstić information content (AvgIpc) is 3.19. The predicted octanol–water partition coefficient (Wildman–Crippen LogP) is 3.22. The lowest BCUT2D eigenvalue weighted by atomic mass is 9.86. The Hall–Kier alpha value is -6.02. The number of aromatic amines is 1. The molecule has 13 heteroatoms. The van der Waals surface area contributed by atoms with E-state index >= 15 is 0 Å². The Balaban J connectivity index is 0.960. The molecule has 0 spiro atoms. The summed E-state index contributed by atoms with van der Waals surface area (Å²) < 4.78 is 5.67. The second-order valence-corrected chi connectivity index (χ2v) is 13.3. The van der Waals surface area contributed by atoms with Crippen LogP contribution in [0.15, 0.2) is 108 Å². The van der Waals surface area contributed by atoms with Gasteiger partial charge in [-0.15, -0.1) is 0 Å². The average molecular weight is 735 g/mol. The summed E-state index contributed by atoms with van der Waals surface area (Å²) in [6, 6.07) is 27.1. The number of rotatable bonds is 14. The number of aromatic nitrogens is 1. The fourth-order valence-corrected chi connectivity index (χ4v) is 6.73. The second kappa shape index (κ2) is 16.8. The molecule has 4 aromatic carbocycles. The predicted molar refractivity (Wildman–Crippen MR) is 200 cm³/mol. The summed E-state index contributed by atoms with van der Waals surface area (Å²) in [5, 5.41) is 48.7. The number of benzene rings is 4. The summed E-state index contributed by atoms with van der Waals surface area (Å²) in [4.78, 5) is 54.4. The van der Waals surface area contributed by atoms with Crippen LogP contribution < -0.4 is 20.9 Å². The Bertz CT molecular complexity index is 2170. The maximum absolute atomic E-state index is 13.4. The van der Waals surface area contributed by atoms with Gasteiger partial charge in [0.05, 0.1) is 11.6 Å². The number of likely N-dealkylation sites (tertiary alicyclic amines) is 1. The van der Waals surface area contributed by atoms with Crippen LogP contribution in [-0.4, -0.2) is 86.9 Å². The standard InChI is InChI=1S/C41H42N4O9/c46-34-17-15-32(33-16-18-36(48)44-38(33)34)35(47)23-42-20-19-26-11-13-27(14-12-26)39(50)45-21-5-9-30(24-45)43-37(49)25-54-31-10-4-8-29(22-31)41(53,40(51)52)28-6-2-1-3-7-28/h1-4,6-8,10-18,22,30,35,42,46-47,53H,5,9,19-21,23-25H2,(H,43,49)(H,44,48)(H,51,52)/t30-,35?,41?/m1/s1. The number of pyridine rings is 1. The molecule has 1 saturated heterocycles. The highest BCUT2D eigenvalue weighted by molar-refractivity contribution is 5.94. The van der Waals surface area contributed by atoms with Crippen LogP contribution in [0.2, 0.25) is 0 Å². The maximum Gasteiger partial charge on any atom is 0.345 e. The molecule has 6 rings (SSSR count). The van der Waals surface area contributed by atoms with Crippen molar-refractivity contribution in [1.29, 1.82) is 0 Å². The minimum atomic E-state index is -2.30. The third-order valence-corrected chi connectivity index (χ3v) is 9.59. The number of amides is 2. The fraction of sp³-hybridized carbons (Fsp3) is 0.268. The number of carbonyl (C=O) groups is 3. The number of hydrogen-bond donors (Lipinski definition) is 7. The third-order valence-electron chi connectivity index (χ3n) is 9.59. The van der Waals surface area contributed by atoms with Crippen molar-refractivity contribution in [1.82, 2.24) is 20.5 Å². The number of aliphatic hydroxyl groups is 2. The summed E-state index contributed by atoms with van der Waals surface area (Å²) in [6.45, 7) is 1.38. The molecule has 2 heterocycles. The first-order valence-electron chi connectivity index (χ1n) is 17.7. The van der Waals surface area contributed by atoms with E-state index in [-0.39, 0.29) is 58.8 Å². The second-order valence-electron chi connectivity index (χ2n) is 13.3.